The highest BCUT2D eigenvalue weighted by molar-refractivity contribution is 5.20. The van der Waals surface area contributed by atoms with E-state index >= 15 is 0 Å². The van der Waals surface area contributed by atoms with E-state index in [4.69, 9.17) is 5.73 Å². The Morgan fingerprint density at radius 1 is 1.44 bits per heavy atom. The second kappa shape index (κ2) is 4.52. The largest absolute Gasteiger partial charge is 0.327 e. The molecule has 0 saturated heterocycles. The van der Waals surface area contributed by atoms with Crippen LogP contribution in [0.15, 0.2) is 12.4 Å². The Morgan fingerprint density at radius 3 is 2.31 bits per heavy atom. The minimum Gasteiger partial charge on any atom is -0.327 e. The normalized spacial score (nSPS) is 13.5. The van der Waals surface area contributed by atoms with Crippen molar-refractivity contribution in [3.8, 4) is 0 Å². The molecule has 0 aliphatic rings. The zero-order valence-corrected chi connectivity index (χ0v) is 9.67. The Bertz CT molecular complexity index is 369. The van der Waals surface area contributed by atoms with Gasteiger partial charge in [-0.1, -0.05) is 20.8 Å². The third kappa shape index (κ3) is 3.23. The van der Waals surface area contributed by atoms with Gasteiger partial charge in [0.05, 0.1) is 4.92 Å². The van der Waals surface area contributed by atoms with Gasteiger partial charge in [-0.2, -0.15) is 0 Å². The fourth-order valence-corrected chi connectivity index (χ4v) is 1.05. The second-order valence-electron chi connectivity index (χ2n) is 4.79. The molecule has 1 aromatic heterocycles. The van der Waals surface area contributed by atoms with Gasteiger partial charge < -0.3 is 5.73 Å². The summed E-state index contributed by atoms with van der Waals surface area (Å²) in [4.78, 5) is 17.7. The molecule has 88 valence electrons. The first-order valence-electron chi connectivity index (χ1n) is 5.01. The van der Waals surface area contributed by atoms with E-state index in [1.54, 1.807) is 0 Å². The quantitative estimate of drug-likeness (QED) is 0.616. The van der Waals surface area contributed by atoms with Crippen LogP contribution in [0.4, 0.5) is 5.69 Å². The molecule has 1 aromatic rings. The van der Waals surface area contributed by atoms with Crippen LogP contribution in [0.1, 0.15) is 26.6 Å². The molecule has 16 heavy (non-hydrogen) atoms. The van der Waals surface area contributed by atoms with Crippen LogP contribution in [0, 0.1) is 15.5 Å². The van der Waals surface area contributed by atoms with E-state index < -0.39 is 4.92 Å². The van der Waals surface area contributed by atoms with Gasteiger partial charge in [0, 0.05) is 12.5 Å². The molecule has 1 heterocycles. The SMILES string of the molecule is CC(C)(C)C(N)Cc1ncc([N+](=O)[O-])cn1. The molecule has 0 spiro atoms. The molecule has 0 aliphatic carbocycles. The van der Waals surface area contributed by atoms with Crippen LogP contribution in [-0.2, 0) is 6.42 Å². The number of hydrogen-bond acceptors (Lipinski definition) is 5. The van der Waals surface area contributed by atoms with Crippen LogP contribution in [0.3, 0.4) is 0 Å². The number of nitrogens with two attached hydrogens (primary N) is 1. The van der Waals surface area contributed by atoms with E-state index in [1.807, 2.05) is 20.8 Å². The van der Waals surface area contributed by atoms with Crippen molar-refractivity contribution in [1.82, 2.24) is 9.97 Å². The lowest BCUT2D eigenvalue weighted by Gasteiger charge is -2.26. The summed E-state index contributed by atoms with van der Waals surface area (Å²) < 4.78 is 0. The summed E-state index contributed by atoms with van der Waals surface area (Å²) in [6, 6.07) is -0.0750. The van der Waals surface area contributed by atoms with Gasteiger partial charge in [-0.05, 0) is 5.41 Å². The van der Waals surface area contributed by atoms with E-state index in [-0.39, 0.29) is 17.1 Å². The summed E-state index contributed by atoms with van der Waals surface area (Å²) in [7, 11) is 0. The third-order valence-electron chi connectivity index (χ3n) is 2.42. The molecule has 2 N–H and O–H groups in total. The topological polar surface area (TPSA) is 94.9 Å². The van der Waals surface area contributed by atoms with Gasteiger partial charge in [0.25, 0.3) is 0 Å². The number of nitrogens with zero attached hydrogens (tertiary/aromatic N) is 3. The summed E-state index contributed by atoms with van der Waals surface area (Å²) in [5.74, 6) is 0.535. The van der Waals surface area contributed by atoms with Crippen molar-refractivity contribution >= 4 is 5.69 Å². The molecule has 1 unspecified atom stereocenters. The Labute approximate surface area is 94.1 Å². The maximum atomic E-state index is 10.4. The molecule has 0 aromatic carbocycles. The van der Waals surface area contributed by atoms with E-state index in [0.717, 1.165) is 0 Å². The van der Waals surface area contributed by atoms with E-state index in [1.165, 1.54) is 12.4 Å². The highest BCUT2D eigenvalue weighted by Crippen LogP contribution is 2.19. The van der Waals surface area contributed by atoms with Gasteiger partial charge in [0.2, 0.25) is 0 Å². The monoisotopic (exact) mass is 224 g/mol. The number of aromatic nitrogens is 2. The summed E-state index contributed by atoms with van der Waals surface area (Å²) in [6.45, 7) is 6.09. The van der Waals surface area contributed by atoms with Crippen molar-refractivity contribution in [2.24, 2.45) is 11.1 Å². The summed E-state index contributed by atoms with van der Waals surface area (Å²) in [6.07, 6.45) is 2.93. The minimum absolute atomic E-state index is 0.0366. The maximum absolute atomic E-state index is 10.4. The van der Waals surface area contributed by atoms with Crippen LogP contribution in [0.5, 0.6) is 0 Å². The van der Waals surface area contributed by atoms with Gasteiger partial charge in [-0.3, -0.25) is 10.1 Å². The van der Waals surface area contributed by atoms with Crippen molar-refractivity contribution in [2.45, 2.75) is 33.2 Å². The zero-order chi connectivity index (χ0) is 12.3. The maximum Gasteiger partial charge on any atom is 0.305 e. The molecular formula is C10H16N4O2. The van der Waals surface area contributed by atoms with Crippen LogP contribution < -0.4 is 5.73 Å². The number of hydrogen-bond donors (Lipinski definition) is 1. The molecule has 0 aliphatic heterocycles. The summed E-state index contributed by atoms with van der Waals surface area (Å²) in [5.41, 5.74) is 5.83. The van der Waals surface area contributed by atoms with E-state index in [2.05, 4.69) is 9.97 Å². The van der Waals surface area contributed by atoms with Crippen LogP contribution in [-0.4, -0.2) is 20.9 Å². The minimum atomic E-state index is -0.520. The third-order valence-corrected chi connectivity index (χ3v) is 2.42. The number of nitro groups is 1. The van der Waals surface area contributed by atoms with E-state index in [9.17, 15) is 10.1 Å². The Kier molecular flexibility index (Phi) is 3.54. The van der Waals surface area contributed by atoms with Crippen LogP contribution in [0.25, 0.3) is 0 Å². The Hall–Kier alpha value is -1.56. The van der Waals surface area contributed by atoms with Gasteiger partial charge in [-0.15, -0.1) is 0 Å². The van der Waals surface area contributed by atoms with Gasteiger partial charge in [0.1, 0.15) is 18.2 Å². The van der Waals surface area contributed by atoms with Crippen LogP contribution in [0.2, 0.25) is 0 Å². The number of rotatable bonds is 3. The Balaban J connectivity index is 2.73. The standard InChI is InChI=1S/C10H16N4O2/c1-10(2,3)8(11)4-9-12-5-7(6-13-9)14(15)16/h5-6,8H,4,11H2,1-3H3. The lowest BCUT2D eigenvalue weighted by atomic mass is 9.85. The van der Waals surface area contributed by atoms with E-state index in [0.29, 0.717) is 12.2 Å². The molecular weight excluding hydrogens is 208 g/mol. The molecule has 0 amide bonds. The second-order valence-corrected chi connectivity index (χ2v) is 4.79. The van der Waals surface area contributed by atoms with Crippen molar-refractivity contribution in [3.05, 3.63) is 28.3 Å². The first-order valence-corrected chi connectivity index (χ1v) is 5.01. The van der Waals surface area contributed by atoms with Crippen LogP contribution >= 0.6 is 0 Å². The van der Waals surface area contributed by atoms with Gasteiger partial charge in [0.15, 0.2) is 0 Å². The molecule has 0 radical (unpaired) electrons. The predicted octanol–water partition coefficient (Wildman–Crippen LogP) is 1.30. The molecule has 1 atom stereocenters. The molecule has 1 rings (SSSR count). The molecule has 6 heteroatoms. The first-order chi connectivity index (χ1) is 7.30. The lowest BCUT2D eigenvalue weighted by molar-refractivity contribution is -0.385. The molecule has 0 fully saturated rings. The summed E-state index contributed by atoms with van der Waals surface area (Å²) in [5, 5.41) is 10.4. The zero-order valence-electron chi connectivity index (χ0n) is 9.67. The first kappa shape index (κ1) is 12.5. The highest BCUT2D eigenvalue weighted by Gasteiger charge is 2.22. The average Bonchev–Trinajstić information content (AvgIpc) is 2.17. The van der Waals surface area contributed by atoms with Crippen molar-refractivity contribution in [2.75, 3.05) is 0 Å². The Morgan fingerprint density at radius 2 is 1.94 bits per heavy atom. The van der Waals surface area contributed by atoms with Crippen molar-refractivity contribution in [3.63, 3.8) is 0 Å². The molecule has 6 nitrogen and oxygen atoms in total. The van der Waals surface area contributed by atoms with Gasteiger partial charge >= 0.3 is 5.69 Å². The average molecular weight is 224 g/mol. The lowest BCUT2D eigenvalue weighted by Crippen LogP contribution is -2.37. The smallest absolute Gasteiger partial charge is 0.305 e. The van der Waals surface area contributed by atoms with Crippen molar-refractivity contribution < 1.29 is 4.92 Å². The van der Waals surface area contributed by atoms with Crippen molar-refractivity contribution in [1.29, 1.82) is 0 Å². The predicted molar refractivity (Wildman–Crippen MR) is 59.8 cm³/mol. The fraction of sp³-hybridized carbons (Fsp3) is 0.600. The van der Waals surface area contributed by atoms with Gasteiger partial charge in [-0.25, -0.2) is 9.97 Å². The molecule has 0 bridgehead atoms. The fourth-order valence-electron chi connectivity index (χ4n) is 1.05. The molecule has 0 saturated carbocycles. The highest BCUT2D eigenvalue weighted by atomic mass is 16.6. The summed E-state index contributed by atoms with van der Waals surface area (Å²) >= 11 is 0.